The van der Waals surface area contributed by atoms with Gasteiger partial charge in [0.15, 0.2) is 0 Å². The third kappa shape index (κ3) is 2.52. The van der Waals surface area contributed by atoms with Gasteiger partial charge in [-0.3, -0.25) is 14.2 Å². The van der Waals surface area contributed by atoms with Gasteiger partial charge in [-0.15, -0.1) is 0 Å². The number of aromatic nitrogens is 3. The summed E-state index contributed by atoms with van der Waals surface area (Å²) in [5, 5.41) is 24.1. The molecule has 0 atom stereocenters. The predicted molar refractivity (Wildman–Crippen MR) is 95.0 cm³/mol. The lowest BCUT2D eigenvalue weighted by Crippen LogP contribution is -2.36. The zero-order valence-electron chi connectivity index (χ0n) is 14.3. The van der Waals surface area contributed by atoms with Gasteiger partial charge < -0.3 is 10.2 Å². The molecule has 0 amide bonds. The number of carboxylic acid groups (broad SMARTS) is 1. The van der Waals surface area contributed by atoms with Crippen LogP contribution >= 0.6 is 0 Å². The highest BCUT2D eigenvalue weighted by Gasteiger charge is 2.40. The van der Waals surface area contributed by atoms with Crippen LogP contribution in [-0.4, -0.2) is 30.4 Å². The Labute approximate surface area is 149 Å². The lowest BCUT2D eigenvalue weighted by molar-refractivity contribution is -0.137. The molecular formula is C19H19N3O4. The van der Waals surface area contributed by atoms with E-state index in [1.165, 1.54) is 10.8 Å². The Bertz CT molecular complexity index is 1080. The Balaban J connectivity index is 2.03. The number of benzene rings is 1. The molecule has 7 nitrogen and oxygen atoms in total. The van der Waals surface area contributed by atoms with Crippen LogP contribution in [0.5, 0.6) is 0 Å². The second-order valence-electron chi connectivity index (χ2n) is 6.92. The van der Waals surface area contributed by atoms with Crippen LogP contribution < -0.4 is 5.56 Å². The van der Waals surface area contributed by atoms with Crippen molar-refractivity contribution in [2.45, 2.75) is 38.3 Å². The normalized spacial score (nSPS) is 15.8. The van der Waals surface area contributed by atoms with Crippen LogP contribution in [0.4, 0.5) is 0 Å². The number of fused-ring (bicyclic) bond motifs is 1. The van der Waals surface area contributed by atoms with Crippen LogP contribution in [0.25, 0.3) is 16.6 Å². The summed E-state index contributed by atoms with van der Waals surface area (Å²) in [4.78, 5) is 24.0. The summed E-state index contributed by atoms with van der Waals surface area (Å²) < 4.78 is 2.54. The number of aliphatic carboxylic acids is 1. The molecule has 0 aliphatic heterocycles. The van der Waals surface area contributed by atoms with Crippen LogP contribution in [0.2, 0.25) is 0 Å². The van der Waals surface area contributed by atoms with Crippen molar-refractivity contribution in [3.63, 3.8) is 0 Å². The molecule has 1 aliphatic carbocycles. The van der Waals surface area contributed by atoms with E-state index in [1.807, 2.05) is 37.3 Å². The highest BCUT2D eigenvalue weighted by Crippen LogP contribution is 2.43. The van der Waals surface area contributed by atoms with Crippen molar-refractivity contribution in [2.24, 2.45) is 0 Å². The molecule has 1 aliphatic rings. The zero-order valence-corrected chi connectivity index (χ0v) is 14.3. The molecular weight excluding hydrogens is 334 g/mol. The highest BCUT2D eigenvalue weighted by molar-refractivity contribution is 5.82. The van der Waals surface area contributed by atoms with E-state index in [-0.39, 0.29) is 5.52 Å². The fourth-order valence-corrected chi connectivity index (χ4v) is 3.52. The van der Waals surface area contributed by atoms with Crippen molar-refractivity contribution in [3.05, 3.63) is 58.3 Å². The summed E-state index contributed by atoms with van der Waals surface area (Å²) in [5.74, 6) is -1.11. The van der Waals surface area contributed by atoms with Crippen LogP contribution in [0.1, 0.15) is 30.5 Å². The van der Waals surface area contributed by atoms with E-state index in [1.54, 1.807) is 0 Å². The van der Waals surface area contributed by atoms with Crippen LogP contribution in [0.3, 0.4) is 0 Å². The Morgan fingerprint density at radius 1 is 1.31 bits per heavy atom. The first-order valence-electron chi connectivity index (χ1n) is 8.52. The summed E-state index contributed by atoms with van der Waals surface area (Å²) in [6.07, 6.45) is 3.37. The molecule has 7 heteroatoms. The van der Waals surface area contributed by atoms with E-state index in [2.05, 4.69) is 5.10 Å². The topological polar surface area (TPSA) is 96.8 Å². The number of hydrogen-bond acceptors (Lipinski definition) is 4. The standard InChI is InChI=1S/C19H19N3O4/c1-12-4-2-5-13(8-12)14-9-15(19(26)6-3-7-19)22-17(14)18(25)21(11-20-22)10-16(23)24/h2,4-5,8-9,11,26H,3,6-7,10H2,1H3,(H,23,24). The molecule has 2 heterocycles. The van der Waals surface area contributed by atoms with E-state index in [0.29, 0.717) is 24.1 Å². The Hall–Kier alpha value is -2.93. The first-order chi connectivity index (χ1) is 12.4. The van der Waals surface area contributed by atoms with Gasteiger partial charge in [0.2, 0.25) is 0 Å². The first-order valence-corrected chi connectivity index (χ1v) is 8.52. The average Bonchev–Trinajstić information content (AvgIpc) is 2.95. The second-order valence-corrected chi connectivity index (χ2v) is 6.92. The molecule has 0 spiro atoms. The minimum absolute atomic E-state index is 0.287. The molecule has 26 heavy (non-hydrogen) atoms. The second kappa shape index (κ2) is 5.81. The first kappa shape index (κ1) is 16.5. The molecule has 1 saturated carbocycles. The summed E-state index contributed by atoms with van der Waals surface area (Å²) in [7, 11) is 0. The fraction of sp³-hybridized carbons (Fsp3) is 0.316. The Morgan fingerprint density at radius 2 is 2.08 bits per heavy atom. The van der Waals surface area contributed by atoms with Gasteiger partial charge in [-0.05, 0) is 37.8 Å². The average molecular weight is 353 g/mol. The molecule has 2 N–H and O–H groups in total. The van der Waals surface area contributed by atoms with Gasteiger partial charge in [0.05, 0.1) is 5.69 Å². The van der Waals surface area contributed by atoms with Crippen LogP contribution in [0, 0.1) is 6.92 Å². The molecule has 2 aromatic heterocycles. The van der Waals surface area contributed by atoms with Gasteiger partial charge in [0.1, 0.15) is 24.0 Å². The van der Waals surface area contributed by atoms with Crippen molar-refractivity contribution in [1.29, 1.82) is 0 Å². The maximum Gasteiger partial charge on any atom is 0.323 e. The van der Waals surface area contributed by atoms with Crippen molar-refractivity contribution >= 4 is 11.5 Å². The molecule has 1 fully saturated rings. The molecule has 0 saturated heterocycles. The van der Waals surface area contributed by atoms with E-state index in [0.717, 1.165) is 22.1 Å². The van der Waals surface area contributed by atoms with Crippen molar-refractivity contribution in [1.82, 2.24) is 14.2 Å². The maximum absolute atomic E-state index is 12.9. The molecule has 1 aromatic carbocycles. The number of aryl methyl sites for hydroxylation is 1. The molecule has 4 rings (SSSR count). The van der Waals surface area contributed by atoms with E-state index in [9.17, 15) is 14.7 Å². The summed E-state index contributed by atoms with van der Waals surface area (Å²) in [6, 6.07) is 9.52. The number of hydrogen-bond donors (Lipinski definition) is 2. The quantitative estimate of drug-likeness (QED) is 0.747. The predicted octanol–water partition coefficient (Wildman–Crippen LogP) is 1.93. The third-order valence-electron chi connectivity index (χ3n) is 5.04. The minimum atomic E-state index is -1.11. The van der Waals surface area contributed by atoms with Gasteiger partial charge in [-0.1, -0.05) is 29.8 Å². The maximum atomic E-state index is 12.9. The number of aliphatic hydroxyl groups is 1. The monoisotopic (exact) mass is 353 g/mol. The van der Waals surface area contributed by atoms with Crippen molar-refractivity contribution in [3.8, 4) is 11.1 Å². The number of nitrogens with zero attached hydrogens (tertiary/aromatic N) is 3. The number of rotatable bonds is 4. The van der Waals surface area contributed by atoms with Gasteiger partial charge in [0.25, 0.3) is 5.56 Å². The Morgan fingerprint density at radius 3 is 2.69 bits per heavy atom. The minimum Gasteiger partial charge on any atom is -0.480 e. The van der Waals surface area contributed by atoms with E-state index >= 15 is 0 Å². The lowest BCUT2D eigenvalue weighted by atomic mass is 9.78. The van der Waals surface area contributed by atoms with E-state index in [4.69, 9.17) is 5.11 Å². The largest absolute Gasteiger partial charge is 0.480 e. The lowest BCUT2D eigenvalue weighted by Gasteiger charge is -2.36. The molecule has 0 radical (unpaired) electrons. The summed E-state index contributed by atoms with van der Waals surface area (Å²) >= 11 is 0. The summed E-state index contributed by atoms with van der Waals surface area (Å²) in [6.45, 7) is 1.50. The number of carboxylic acids is 1. The van der Waals surface area contributed by atoms with Crippen LogP contribution in [0.15, 0.2) is 41.5 Å². The SMILES string of the molecule is Cc1cccc(-c2cc(C3(O)CCC3)n3ncn(CC(=O)O)c(=O)c23)c1. The van der Waals surface area contributed by atoms with Crippen molar-refractivity contribution < 1.29 is 15.0 Å². The molecule has 0 bridgehead atoms. The van der Waals surface area contributed by atoms with Gasteiger partial charge in [0, 0.05) is 5.56 Å². The zero-order chi connectivity index (χ0) is 18.5. The smallest absolute Gasteiger partial charge is 0.323 e. The Kier molecular flexibility index (Phi) is 3.69. The van der Waals surface area contributed by atoms with Gasteiger partial charge in [-0.2, -0.15) is 5.10 Å². The van der Waals surface area contributed by atoms with Gasteiger partial charge in [-0.25, -0.2) is 4.52 Å². The third-order valence-corrected chi connectivity index (χ3v) is 5.04. The molecule has 134 valence electrons. The molecule has 3 aromatic rings. The van der Waals surface area contributed by atoms with Crippen LogP contribution in [-0.2, 0) is 16.9 Å². The van der Waals surface area contributed by atoms with Gasteiger partial charge >= 0.3 is 5.97 Å². The van der Waals surface area contributed by atoms with Crippen molar-refractivity contribution in [2.75, 3.05) is 0 Å². The highest BCUT2D eigenvalue weighted by atomic mass is 16.4. The molecule has 0 unspecified atom stereocenters. The van der Waals surface area contributed by atoms with E-state index < -0.39 is 23.7 Å². The number of carbonyl (C=O) groups is 1. The fourth-order valence-electron chi connectivity index (χ4n) is 3.52. The summed E-state index contributed by atoms with van der Waals surface area (Å²) in [5.41, 5.74) is 1.96.